The van der Waals surface area contributed by atoms with Crippen molar-refractivity contribution in [2.24, 2.45) is 7.05 Å². The maximum absolute atomic E-state index is 13.7. The summed E-state index contributed by atoms with van der Waals surface area (Å²) in [5.41, 5.74) is 0.304. The Hall–Kier alpha value is -2.81. The zero-order chi connectivity index (χ0) is 18.0. The molecule has 1 aliphatic heterocycles. The molecular formula is C16H18FN5O3. The largest absolute Gasteiger partial charge is 0.335 e. The maximum atomic E-state index is 13.7. The smallest absolute Gasteiger partial charge is 0.320 e. The predicted molar refractivity (Wildman–Crippen MR) is 87.4 cm³/mol. The Morgan fingerprint density at radius 3 is 2.60 bits per heavy atom. The number of rotatable bonds is 4. The van der Waals surface area contributed by atoms with Gasteiger partial charge in [-0.15, -0.1) is 0 Å². The van der Waals surface area contributed by atoms with Crippen molar-refractivity contribution in [3.05, 3.63) is 57.7 Å². The predicted octanol–water partition coefficient (Wildman–Crippen LogP) is 1.43. The molecule has 132 valence electrons. The fraction of sp³-hybridized carbons (Fsp3) is 0.375. The van der Waals surface area contributed by atoms with Gasteiger partial charge < -0.3 is 4.90 Å². The van der Waals surface area contributed by atoms with E-state index in [-0.39, 0.29) is 17.2 Å². The molecule has 0 spiro atoms. The summed E-state index contributed by atoms with van der Waals surface area (Å²) in [7, 11) is 1.51. The lowest BCUT2D eigenvalue weighted by molar-refractivity contribution is -0.385. The molecule has 1 amide bonds. The molecule has 0 bridgehead atoms. The van der Waals surface area contributed by atoms with Crippen LogP contribution >= 0.6 is 0 Å². The van der Waals surface area contributed by atoms with Crippen LogP contribution in [0.25, 0.3) is 0 Å². The van der Waals surface area contributed by atoms with Gasteiger partial charge in [-0.3, -0.25) is 24.5 Å². The average molecular weight is 347 g/mol. The van der Waals surface area contributed by atoms with Crippen LogP contribution in [0.15, 0.2) is 30.5 Å². The second kappa shape index (κ2) is 6.98. The number of carbonyl (C=O) groups excluding carboxylic acids is 1. The Labute approximate surface area is 143 Å². The number of carbonyl (C=O) groups is 1. The number of nitro groups is 1. The minimum absolute atomic E-state index is 0.0208. The van der Waals surface area contributed by atoms with Gasteiger partial charge in [-0.1, -0.05) is 18.2 Å². The van der Waals surface area contributed by atoms with Crippen LogP contribution in [0.5, 0.6) is 0 Å². The standard InChI is InChI=1S/C16H18FN5O3/c1-19-15(14(10-18-19)22(24)25)16(23)21-8-6-20(7-9-21)11-12-4-2-3-5-13(12)17/h2-5,10H,6-9,11H2,1H3. The van der Waals surface area contributed by atoms with E-state index in [2.05, 4.69) is 10.00 Å². The van der Waals surface area contributed by atoms with Crippen molar-refractivity contribution in [1.82, 2.24) is 19.6 Å². The molecule has 0 radical (unpaired) electrons. The highest BCUT2D eigenvalue weighted by Gasteiger charge is 2.31. The van der Waals surface area contributed by atoms with Gasteiger partial charge in [-0.2, -0.15) is 5.10 Å². The van der Waals surface area contributed by atoms with E-state index < -0.39 is 10.8 Å². The number of halogens is 1. The number of aryl methyl sites for hydroxylation is 1. The lowest BCUT2D eigenvalue weighted by Crippen LogP contribution is -2.48. The van der Waals surface area contributed by atoms with Crippen LogP contribution in [-0.2, 0) is 13.6 Å². The Kier molecular flexibility index (Phi) is 4.75. The monoisotopic (exact) mass is 347 g/mol. The molecule has 1 saturated heterocycles. The lowest BCUT2D eigenvalue weighted by atomic mass is 10.2. The number of nitrogens with zero attached hydrogens (tertiary/aromatic N) is 5. The van der Waals surface area contributed by atoms with Gasteiger partial charge in [0.2, 0.25) is 5.69 Å². The van der Waals surface area contributed by atoms with Gasteiger partial charge in [-0.25, -0.2) is 4.39 Å². The van der Waals surface area contributed by atoms with Gasteiger partial charge in [0.15, 0.2) is 0 Å². The van der Waals surface area contributed by atoms with E-state index in [4.69, 9.17) is 0 Å². The summed E-state index contributed by atoms with van der Waals surface area (Å²) in [6, 6.07) is 6.61. The summed E-state index contributed by atoms with van der Waals surface area (Å²) < 4.78 is 15.0. The molecule has 25 heavy (non-hydrogen) atoms. The average Bonchev–Trinajstić information content (AvgIpc) is 2.99. The maximum Gasteiger partial charge on any atom is 0.320 e. The number of hydrogen-bond donors (Lipinski definition) is 0. The van der Waals surface area contributed by atoms with Crippen LogP contribution in [0.2, 0.25) is 0 Å². The summed E-state index contributed by atoms with van der Waals surface area (Å²) in [6.07, 6.45) is 1.08. The highest BCUT2D eigenvalue weighted by atomic mass is 19.1. The van der Waals surface area contributed by atoms with E-state index in [1.165, 1.54) is 17.8 Å². The van der Waals surface area contributed by atoms with Crippen molar-refractivity contribution in [1.29, 1.82) is 0 Å². The fourth-order valence-electron chi connectivity index (χ4n) is 2.93. The van der Waals surface area contributed by atoms with E-state index in [0.717, 1.165) is 6.20 Å². The van der Waals surface area contributed by atoms with Gasteiger partial charge in [0.05, 0.1) is 4.92 Å². The van der Waals surface area contributed by atoms with E-state index in [1.807, 2.05) is 0 Å². The summed E-state index contributed by atoms with van der Waals surface area (Å²) in [6.45, 7) is 2.48. The van der Waals surface area contributed by atoms with Crippen molar-refractivity contribution in [2.45, 2.75) is 6.54 Å². The Morgan fingerprint density at radius 2 is 1.96 bits per heavy atom. The molecule has 1 aromatic carbocycles. The molecule has 0 unspecified atom stereocenters. The molecule has 0 atom stereocenters. The van der Waals surface area contributed by atoms with Crippen LogP contribution in [0.4, 0.5) is 10.1 Å². The van der Waals surface area contributed by atoms with Gasteiger partial charge in [0.25, 0.3) is 5.91 Å². The quantitative estimate of drug-likeness (QED) is 0.617. The minimum Gasteiger partial charge on any atom is -0.335 e. The van der Waals surface area contributed by atoms with Crippen LogP contribution in [0.3, 0.4) is 0 Å². The van der Waals surface area contributed by atoms with Crippen LogP contribution in [0.1, 0.15) is 16.1 Å². The lowest BCUT2D eigenvalue weighted by Gasteiger charge is -2.34. The van der Waals surface area contributed by atoms with E-state index in [9.17, 15) is 19.3 Å². The molecule has 8 nitrogen and oxygen atoms in total. The number of amides is 1. The fourth-order valence-corrected chi connectivity index (χ4v) is 2.93. The van der Waals surface area contributed by atoms with Crippen LogP contribution in [-0.4, -0.2) is 56.6 Å². The van der Waals surface area contributed by atoms with Crippen LogP contribution < -0.4 is 0 Å². The zero-order valence-electron chi connectivity index (χ0n) is 13.8. The molecule has 2 heterocycles. The molecule has 2 aromatic rings. The minimum atomic E-state index is -0.603. The number of benzene rings is 1. The zero-order valence-corrected chi connectivity index (χ0v) is 13.8. The van der Waals surface area contributed by atoms with Crippen molar-refractivity contribution in [3.63, 3.8) is 0 Å². The number of piperazine rings is 1. The normalized spacial score (nSPS) is 15.4. The van der Waals surface area contributed by atoms with Gasteiger partial charge in [-0.05, 0) is 6.07 Å². The molecule has 9 heteroatoms. The third kappa shape index (κ3) is 3.50. The van der Waals surface area contributed by atoms with E-state index in [0.29, 0.717) is 38.3 Å². The van der Waals surface area contributed by atoms with E-state index in [1.54, 1.807) is 23.1 Å². The first-order chi connectivity index (χ1) is 12.0. The first-order valence-corrected chi connectivity index (χ1v) is 7.89. The molecule has 0 aliphatic carbocycles. The Balaban J connectivity index is 1.65. The SMILES string of the molecule is Cn1ncc([N+](=O)[O-])c1C(=O)N1CCN(Cc2ccccc2F)CC1. The van der Waals surface area contributed by atoms with Crippen LogP contribution in [0, 0.1) is 15.9 Å². The molecule has 1 aromatic heterocycles. The summed E-state index contributed by atoms with van der Waals surface area (Å²) >= 11 is 0. The summed E-state index contributed by atoms with van der Waals surface area (Å²) in [5.74, 6) is -0.649. The highest BCUT2D eigenvalue weighted by molar-refractivity contribution is 5.96. The third-order valence-electron chi connectivity index (χ3n) is 4.33. The van der Waals surface area contributed by atoms with Gasteiger partial charge in [0, 0.05) is 45.3 Å². The van der Waals surface area contributed by atoms with Crippen molar-refractivity contribution >= 4 is 11.6 Å². The summed E-state index contributed by atoms with van der Waals surface area (Å²) in [4.78, 5) is 26.7. The topological polar surface area (TPSA) is 84.5 Å². The first-order valence-electron chi connectivity index (χ1n) is 7.89. The molecule has 0 saturated carbocycles. The van der Waals surface area contributed by atoms with E-state index >= 15 is 0 Å². The first kappa shape index (κ1) is 17.0. The van der Waals surface area contributed by atoms with Gasteiger partial charge in [0.1, 0.15) is 12.0 Å². The molecule has 0 N–H and O–H groups in total. The molecular weight excluding hydrogens is 329 g/mol. The highest BCUT2D eigenvalue weighted by Crippen LogP contribution is 2.20. The number of hydrogen-bond acceptors (Lipinski definition) is 5. The Morgan fingerprint density at radius 1 is 1.28 bits per heavy atom. The third-order valence-corrected chi connectivity index (χ3v) is 4.33. The second-order valence-electron chi connectivity index (χ2n) is 5.92. The van der Waals surface area contributed by atoms with Crippen molar-refractivity contribution < 1.29 is 14.1 Å². The Bertz CT molecular complexity index is 799. The molecule has 1 fully saturated rings. The number of aromatic nitrogens is 2. The van der Waals surface area contributed by atoms with Gasteiger partial charge >= 0.3 is 5.69 Å². The van der Waals surface area contributed by atoms with Crippen molar-refractivity contribution in [3.8, 4) is 0 Å². The van der Waals surface area contributed by atoms with Crippen molar-refractivity contribution in [2.75, 3.05) is 26.2 Å². The molecule has 1 aliphatic rings. The molecule has 3 rings (SSSR count). The summed E-state index contributed by atoms with van der Waals surface area (Å²) in [5, 5.41) is 14.9. The second-order valence-corrected chi connectivity index (χ2v) is 5.92.